The second-order valence-corrected chi connectivity index (χ2v) is 8.87. The molecule has 0 bridgehead atoms. The first-order chi connectivity index (χ1) is 15.7. The fraction of sp³-hybridized carbons (Fsp3) is 0.375. The molecular weight excluding hydrogens is 431 g/mol. The fourth-order valence-corrected chi connectivity index (χ4v) is 4.94. The summed E-state index contributed by atoms with van der Waals surface area (Å²) in [5.41, 5.74) is 9.17. The monoisotopic (exact) mass is 457 g/mol. The number of benzene rings is 2. The van der Waals surface area contributed by atoms with Gasteiger partial charge < -0.3 is 25.4 Å². The molecule has 0 saturated carbocycles. The average molecular weight is 458 g/mol. The molecule has 174 valence electrons. The van der Waals surface area contributed by atoms with E-state index in [1.165, 1.54) is 4.57 Å². The maximum atomic E-state index is 13.4. The molecule has 9 heteroatoms. The van der Waals surface area contributed by atoms with Crippen LogP contribution in [-0.4, -0.2) is 47.7 Å². The summed E-state index contributed by atoms with van der Waals surface area (Å²) >= 11 is 0. The van der Waals surface area contributed by atoms with Crippen LogP contribution in [0.2, 0.25) is 0 Å². The molecule has 2 atom stereocenters. The summed E-state index contributed by atoms with van der Waals surface area (Å²) in [6, 6.07) is 14.2. The Kier molecular flexibility index (Phi) is 5.23. The predicted molar refractivity (Wildman–Crippen MR) is 122 cm³/mol. The van der Waals surface area contributed by atoms with Crippen molar-refractivity contribution >= 4 is 28.2 Å². The molecule has 1 saturated heterocycles. The number of para-hydroxylation sites is 1. The molecule has 3 heterocycles. The largest absolute Gasteiger partial charge is 0.406 e. The standard InChI is InChI=1S/C24H26F3N5O/c1-30-20-9-8-16(23(33)31-10-4-6-17(28)13-31)11-18(20)29-22(30)21-12-15-5-2-3-7-19(15)32(21)14-24(25,26)27/h2-3,5,7-9,11-12,17,22,29H,4,6,10,13-14,28H2,1H3. The Labute approximate surface area is 189 Å². The van der Waals surface area contributed by atoms with E-state index in [-0.39, 0.29) is 11.9 Å². The number of aromatic nitrogens is 1. The fourth-order valence-electron chi connectivity index (χ4n) is 4.94. The van der Waals surface area contributed by atoms with Crippen LogP contribution >= 0.6 is 0 Å². The van der Waals surface area contributed by atoms with Gasteiger partial charge in [-0.25, -0.2) is 0 Å². The Hall–Kier alpha value is -3.20. The van der Waals surface area contributed by atoms with Crippen molar-refractivity contribution in [2.45, 2.75) is 37.8 Å². The summed E-state index contributed by atoms with van der Waals surface area (Å²) in [5, 5.41) is 4.09. The Morgan fingerprint density at radius 1 is 1.18 bits per heavy atom. The van der Waals surface area contributed by atoms with Crippen molar-refractivity contribution in [3.8, 4) is 0 Å². The first-order valence-electron chi connectivity index (χ1n) is 11.0. The maximum Gasteiger partial charge on any atom is 0.406 e. The number of hydrogen-bond donors (Lipinski definition) is 2. The van der Waals surface area contributed by atoms with Gasteiger partial charge in [0, 0.05) is 42.6 Å². The molecule has 1 fully saturated rings. The summed E-state index contributed by atoms with van der Waals surface area (Å²) in [7, 11) is 1.84. The van der Waals surface area contributed by atoms with E-state index in [4.69, 9.17) is 5.73 Å². The van der Waals surface area contributed by atoms with E-state index in [1.54, 1.807) is 35.2 Å². The van der Waals surface area contributed by atoms with Crippen LogP contribution in [-0.2, 0) is 6.54 Å². The summed E-state index contributed by atoms with van der Waals surface area (Å²) in [6.07, 6.45) is -3.06. The zero-order valence-electron chi connectivity index (χ0n) is 18.3. The van der Waals surface area contributed by atoms with Crippen molar-refractivity contribution in [2.75, 3.05) is 30.4 Å². The van der Waals surface area contributed by atoms with Crippen molar-refractivity contribution in [1.82, 2.24) is 9.47 Å². The lowest BCUT2D eigenvalue weighted by atomic mass is 10.0. The molecule has 1 aromatic heterocycles. The van der Waals surface area contributed by atoms with E-state index in [0.29, 0.717) is 29.9 Å². The van der Waals surface area contributed by atoms with Gasteiger partial charge >= 0.3 is 6.18 Å². The van der Waals surface area contributed by atoms with Crippen LogP contribution in [0.4, 0.5) is 24.5 Å². The van der Waals surface area contributed by atoms with Crippen molar-refractivity contribution < 1.29 is 18.0 Å². The highest BCUT2D eigenvalue weighted by molar-refractivity contribution is 5.97. The van der Waals surface area contributed by atoms with Gasteiger partial charge in [-0.05, 0) is 43.2 Å². The van der Waals surface area contributed by atoms with Gasteiger partial charge in [-0.15, -0.1) is 0 Å². The smallest absolute Gasteiger partial charge is 0.359 e. The van der Waals surface area contributed by atoms with E-state index in [2.05, 4.69) is 5.32 Å². The average Bonchev–Trinajstić information content (AvgIpc) is 3.29. The van der Waals surface area contributed by atoms with Crippen LogP contribution in [0.15, 0.2) is 48.5 Å². The third kappa shape index (κ3) is 4.01. The topological polar surface area (TPSA) is 66.5 Å². The van der Waals surface area contributed by atoms with Gasteiger partial charge in [-0.2, -0.15) is 13.2 Å². The molecule has 3 aromatic rings. The Balaban J connectivity index is 1.47. The Morgan fingerprint density at radius 3 is 2.73 bits per heavy atom. The number of carbonyl (C=O) groups excluding carboxylic acids is 1. The number of halogens is 3. The molecular formula is C24H26F3N5O. The molecule has 6 nitrogen and oxygen atoms in total. The van der Waals surface area contributed by atoms with Gasteiger partial charge in [0.15, 0.2) is 0 Å². The quantitative estimate of drug-likeness (QED) is 0.615. The number of rotatable bonds is 3. The molecule has 2 aliphatic rings. The van der Waals surface area contributed by atoms with E-state index in [9.17, 15) is 18.0 Å². The number of nitrogens with one attached hydrogen (secondary N) is 1. The van der Waals surface area contributed by atoms with Gasteiger partial charge in [0.25, 0.3) is 5.91 Å². The highest BCUT2D eigenvalue weighted by Crippen LogP contribution is 2.42. The summed E-state index contributed by atoms with van der Waals surface area (Å²) in [4.78, 5) is 16.7. The summed E-state index contributed by atoms with van der Waals surface area (Å²) < 4.78 is 41.6. The zero-order valence-corrected chi connectivity index (χ0v) is 18.3. The highest BCUT2D eigenvalue weighted by Gasteiger charge is 2.35. The Bertz CT molecular complexity index is 1200. The molecule has 0 aliphatic carbocycles. The molecule has 5 rings (SSSR count). The molecule has 0 spiro atoms. The first-order valence-corrected chi connectivity index (χ1v) is 11.0. The summed E-state index contributed by atoms with van der Waals surface area (Å²) in [5.74, 6) is -0.0768. The van der Waals surface area contributed by atoms with Gasteiger partial charge in [-0.3, -0.25) is 4.79 Å². The summed E-state index contributed by atoms with van der Waals surface area (Å²) in [6.45, 7) is 0.137. The normalized spacial score (nSPS) is 20.8. The van der Waals surface area contributed by atoms with Gasteiger partial charge in [0.2, 0.25) is 0 Å². The van der Waals surface area contributed by atoms with E-state index >= 15 is 0 Å². The minimum absolute atomic E-state index is 0.0127. The van der Waals surface area contributed by atoms with Gasteiger partial charge in [-0.1, -0.05) is 18.2 Å². The molecule has 33 heavy (non-hydrogen) atoms. The number of hydrogen-bond acceptors (Lipinski definition) is 4. The lowest BCUT2D eigenvalue weighted by Crippen LogP contribution is -2.45. The zero-order chi connectivity index (χ0) is 23.3. The first kappa shape index (κ1) is 21.6. The van der Waals surface area contributed by atoms with E-state index in [1.807, 2.05) is 30.1 Å². The number of likely N-dealkylation sites (tertiary alicyclic amines) is 1. The van der Waals surface area contributed by atoms with E-state index in [0.717, 1.165) is 29.6 Å². The number of fused-ring (bicyclic) bond motifs is 2. The third-order valence-corrected chi connectivity index (χ3v) is 6.51. The number of anilines is 2. The minimum Gasteiger partial charge on any atom is -0.359 e. The van der Waals surface area contributed by atoms with Gasteiger partial charge in [0.05, 0.1) is 17.1 Å². The minimum atomic E-state index is -4.35. The van der Waals surface area contributed by atoms with Crippen LogP contribution in [0, 0.1) is 0 Å². The predicted octanol–water partition coefficient (Wildman–Crippen LogP) is 4.33. The molecule has 3 N–H and O–H groups in total. The van der Waals surface area contributed by atoms with Crippen molar-refractivity contribution in [3.05, 3.63) is 59.8 Å². The number of nitrogens with two attached hydrogens (primary N) is 1. The van der Waals surface area contributed by atoms with Crippen molar-refractivity contribution in [1.29, 1.82) is 0 Å². The maximum absolute atomic E-state index is 13.4. The number of piperidine rings is 1. The highest BCUT2D eigenvalue weighted by atomic mass is 19.4. The van der Waals surface area contributed by atoms with Gasteiger partial charge in [0.1, 0.15) is 12.7 Å². The number of nitrogens with zero attached hydrogens (tertiary/aromatic N) is 3. The third-order valence-electron chi connectivity index (χ3n) is 6.51. The number of amides is 1. The van der Waals surface area contributed by atoms with Crippen molar-refractivity contribution in [2.24, 2.45) is 5.73 Å². The van der Waals surface area contributed by atoms with Crippen LogP contribution in [0.5, 0.6) is 0 Å². The number of carbonyl (C=O) groups is 1. The second-order valence-electron chi connectivity index (χ2n) is 8.87. The molecule has 2 aliphatic heterocycles. The Morgan fingerprint density at radius 2 is 1.97 bits per heavy atom. The molecule has 1 amide bonds. The van der Waals surface area contributed by atoms with Crippen molar-refractivity contribution in [3.63, 3.8) is 0 Å². The van der Waals surface area contributed by atoms with Crippen LogP contribution in [0.25, 0.3) is 10.9 Å². The van der Waals surface area contributed by atoms with Crippen LogP contribution in [0.3, 0.4) is 0 Å². The SMILES string of the molecule is CN1c2ccc(C(=O)N3CCCC(N)C3)cc2NC1c1cc2ccccc2n1CC(F)(F)F. The molecule has 2 unspecified atom stereocenters. The number of alkyl halides is 3. The van der Waals surface area contributed by atoms with E-state index < -0.39 is 18.9 Å². The molecule has 2 aromatic carbocycles. The lowest BCUT2D eigenvalue weighted by molar-refractivity contribution is -0.140. The van der Waals surface area contributed by atoms with Crippen LogP contribution < -0.4 is 16.0 Å². The lowest BCUT2D eigenvalue weighted by Gasteiger charge is -2.30. The molecule has 0 radical (unpaired) electrons. The van der Waals surface area contributed by atoms with Crippen LogP contribution in [0.1, 0.15) is 35.1 Å². The second kappa shape index (κ2) is 7.98.